The van der Waals surface area contributed by atoms with Crippen molar-refractivity contribution in [3.63, 3.8) is 0 Å². The Balaban J connectivity index is 2.96. The quantitative estimate of drug-likeness (QED) is 0.803. The Labute approximate surface area is 73.7 Å². The molecule has 1 nitrogen and oxygen atoms in total. The van der Waals surface area contributed by atoms with E-state index < -0.39 is 0 Å². The van der Waals surface area contributed by atoms with Crippen LogP contribution in [-0.4, -0.2) is 7.05 Å². The van der Waals surface area contributed by atoms with E-state index in [-0.39, 0.29) is 5.82 Å². The van der Waals surface area contributed by atoms with Gasteiger partial charge in [-0.3, -0.25) is 0 Å². The number of halogens is 2. The van der Waals surface area contributed by atoms with Crippen LogP contribution in [0.1, 0.15) is 5.56 Å². The van der Waals surface area contributed by atoms with Crippen LogP contribution >= 0.6 is 15.9 Å². The molecule has 0 saturated carbocycles. The molecule has 11 heavy (non-hydrogen) atoms. The lowest BCUT2D eigenvalue weighted by atomic mass is 10.2. The SMILES string of the molecule is CNCc1cccc(F)c1Br. The topological polar surface area (TPSA) is 12.0 Å². The minimum Gasteiger partial charge on any atom is -0.316 e. The van der Waals surface area contributed by atoms with Gasteiger partial charge in [-0.15, -0.1) is 0 Å². The maximum absolute atomic E-state index is 12.8. The molecule has 0 saturated heterocycles. The van der Waals surface area contributed by atoms with Crippen LogP contribution in [0.3, 0.4) is 0 Å². The smallest absolute Gasteiger partial charge is 0.137 e. The summed E-state index contributed by atoms with van der Waals surface area (Å²) in [5, 5.41) is 2.96. The van der Waals surface area contributed by atoms with E-state index >= 15 is 0 Å². The molecule has 0 spiro atoms. The fourth-order valence-corrected chi connectivity index (χ4v) is 1.28. The Morgan fingerprint density at radius 2 is 2.27 bits per heavy atom. The molecule has 0 atom stereocenters. The lowest BCUT2D eigenvalue weighted by Gasteiger charge is -2.02. The van der Waals surface area contributed by atoms with E-state index in [0.29, 0.717) is 11.0 Å². The summed E-state index contributed by atoms with van der Waals surface area (Å²) in [5.74, 6) is -0.210. The molecule has 1 aromatic rings. The van der Waals surface area contributed by atoms with E-state index in [1.807, 2.05) is 13.1 Å². The van der Waals surface area contributed by atoms with Crippen molar-refractivity contribution in [1.29, 1.82) is 0 Å². The monoisotopic (exact) mass is 217 g/mol. The maximum atomic E-state index is 12.8. The fourth-order valence-electron chi connectivity index (χ4n) is 0.875. The van der Waals surface area contributed by atoms with Crippen LogP contribution < -0.4 is 5.32 Å². The summed E-state index contributed by atoms with van der Waals surface area (Å²) in [6, 6.07) is 5.01. The predicted octanol–water partition coefficient (Wildman–Crippen LogP) is 2.31. The number of hydrogen-bond donors (Lipinski definition) is 1. The molecule has 0 aromatic heterocycles. The van der Waals surface area contributed by atoms with Gasteiger partial charge in [-0.05, 0) is 34.6 Å². The van der Waals surface area contributed by atoms with Gasteiger partial charge in [0.25, 0.3) is 0 Å². The molecular formula is C8H9BrFN. The number of nitrogens with one attached hydrogen (secondary N) is 1. The Morgan fingerprint density at radius 3 is 2.91 bits per heavy atom. The zero-order valence-corrected chi connectivity index (χ0v) is 7.78. The third-order valence-corrected chi connectivity index (χ3v) is 2.29. The van der Waals surface area contributed by atoms with Crippen molar-refractivity contribution >= 4 is 15.9 Å². The number of rotatable bonds is 2. The van der Waals surface area contributed by atoms with Gasteiger partial charge >= 0.3 is 0 Å². The van der Waals surface area contributed by atoms with Crippen molar-refractivity contribution in [3.8, 4) is 0 Å². The van der Waals surface area contributed by atoms with Gasteiger partial charge in [-0.2, -0.15) is 0 Å². The van der Waals surface area contributed by atoms with Crippen molar-refractivity contribution in [2.24, 2.45) is 0 Å². The molecule has 0 fully saturated rings. The zero-order valence-electron chi connectivity index (χ0n) is 6.20. The highest BCUT2D eigenvalue weighted by Gasteiger charge is 2.02. The van der Waals surface area contributed by atoms with Crippen LogP contribution in [0.2, 0.25) is 0 Å². The first-order chi connectivity index (χ1) is 5.25. The predicted molar refractivity (Wildman–Crippen MR) is 46.9 cm³/mol. The minimum atomic E-state index is -0.210. The molecule has 0 aliphatic heterocycles. The fraction of sp³-hybridized carbons (Fsp3) is 0.250. The van der Waals surface area contributed by atoms with E-state index in [4.69, 9.17) is 0 Å². The molecule has 0 bridgehead atoms. The molecule has 0 heterocycles. The first-order valence-electron chi connectivity index (χ1n) is 3.33. The summed E-state index contributed by atoms with van der Waals surface area (Å²) in [5.41, 5.74) is 0.938. The van der Waals surface area contributed by atoms with E-state index in [1.165, 1.54) is 6.07 Å². The summed E-state index contributed by atoms with van der Waals surface area (Å²) in [6.45, 7) is 0.679. The Kier molecular flexibility index (Phi) is 3.02. The highest BCUT2D eigenvalue weighted by atomic mass is 79.9. The molecule has 60 valence electrons. The third kappa shape index (κ3) is 2.01. The van der Waals surface area contributed by atoms with Gasteiger partial charge in [0, 0.05) is 6.54 Å². The van der Waals surface area contributed by atoms with Crippen molar-refractivity contribution in [2.45, 2.75) is 6.54 Å². The highest BCUT2D eigenvalue weighted by Crippen LogP contribution is 2.19. The molecule has 0 unspecified atom stereocenters. The number of benzene rings is 1. The summed E-state index contributed by atoms with van der Waals surface area (Å²) >= 11 is 3.17. The molecule has 0 amide bonds. The van der Waals surface area contributed by atoms with Crippen LogP contribution in [0.4, 0.5) is 4.39 Å². The first kappa shape index (κ1) is 8.68. The van der Waals surface area contributed by atoms with E-state index in [9.17, 15) is 4.39 Å². The highest BCUT2D eigenvalue weighted by molar-refractivity contribution is 9.10. The zero-order chi connectivity index (χ0) is 8.27. The lowest BCUT2D eigenvalue weighted by Crippen LogP contribution is -2.05. The second-order valence-corrected chi connectivity index (χ2v) is 3.04. The summed E-state index contributed by atoms with van der Waals surface area (Å²) < 4.78 is 13.4. The van der Waals surface area contributed by atoms with Gasteiger partial charge in [0.2, 0.25) is 0 Å². The van der Waals surface area contributed by atoms with Gasteiger partial charge in [0.05, 0.1) is 4.47 Å². The molecule has 1 aromatic carbocycles. The van der Waals surface area contributed by atoms with Gasteiger partial charge in [0.1, 0.15) is 5.82 Å². The Morgan fingerprint density at radius 1 is 1.55 bits per heavy atom. The second kappa shape index (κ2) is 3.83. The van der Waals surface area contributed by atoms with Gasteiger partial charge in [0.15, 0.2) is 0 Å². The minimum absolute atomic E-state index is 0.210. The van der Waals surface area contributed by atoms with Crippen molar-refractivity contribution < 1.29 is 4.39 Å². The van der Waals surface area contributed by atoms with Crippen molar-refractivity contribution in [2.75, 3.05) is 7.05 Å². The molecule has 0 aliphatic rings. The third-order valence-electron chi connectivity index (χ3n) is 1.40. The van der Waals surface area contributed by atoms with Crippen LogP contribution in [-0.2, 0) is 6.54 Å². The van der Waals surface area contributed by atoms with E-state index in [1.54, 1.807) is 6.07 Å². The molecule has 1 N–H and O–H groups in total. The number of hydrogen-bond acceptors (Lipinski definition) is 1. The average Bonchev–Trinajstić information content (AvgIpc) is 1.99. The molecule has 0 aliphatic carbocycles. The van der Waals surface area contributed by atoms with Gasteiger partial charge < -0.3 is 5.32 Å². The van der Waals surface area contributed by atoms with Crippen LogP contribution in [0.25, 0.3) is 0 Å². The van der Waals surface area contributed by atoms with Gasteiger partial charge in [-0.1, -0.05) is 12.1 Å². The molecule has 1 rings (SSSR count). The van der Waals surface area contributed by atoms with Crippen LogP contribution in [0.15, 0.2) is 22.7 Å². The maximum Gasteiger partial charge on any atom is 0.137 e. The van der Waals surface area contributed by atoms with Crippen LogP contribution in [0.5, 0.6) is 0 Å². The van der Waals surface area contributed by atoms with Crippen molar-refractivity contribution in [1.82, 2.24) is 5.32 Å². The largest absolute Gasteiger partial charge is 0.316 e. The van der Waals surface area contributed by atoms with Crippen molar-refractivity contribution in [3.05, 3.63) is 34.1 Å². The normalized spacial score (nSPS) is 10.1. The van der Waals surface area contributed by atoms with Crippen LogP contribution in [0, 0.1) is 5.82 Å². The average molecular weight is 218 g/mol. The molecule has 0 radical (unpaired) electrons. The second-order valence-electron chi connectivity index (χ2n) is 2.24. The summed E-state index contributed by atoms with van der Waals surface area (Å²) in [7, 11) is 1.83. The van der Waals surface area contributed by atoms with Gasteiger partial charge in [-0.25, -0.2) is 4.39 Å². The molecule has 3 heteroatoms. The standard InChI is InChI=1S/C8H9BrFN/c1-11-5-6-3-2-4-7(10)8(6)9/h2-4,11H,5H2,1H3. The Bertz CT molecular complexity index is 250. The Hall–Kier alpha value is -0.410. The summed E-state index contributed by atoms with van der Waals surface area (Å²) in [6.07, 6.45) is 0. The van der Waals surface area contributed by atoms with E-state index in [0.717, 1.165) is 5.56 Å². The first-order valence-corrected chi connectivity index (χ1v) is 4.12. The molecular weight excluding hydrogens is 209 g/mol. The van der Waals surface area contributed by atoms with E-state index in [2.05, 4.69) is 21.2 Å². The summed E-state index contributed by atoms with van der Waals surface area (Å²) in [4.78, 5) is 0. The lowest BCUT2D eigenvalue weighted by molar-refractivity contribution is 0.616.